The molecule has 100 valence electrons. The van der Waals surface area contributed by atoms with Crippen LogP contribution in [0.25, 0.3) is 0 Å². The summed E-state index contributed by atoms with van der Waals surface area (Å²) in [6.45, 7) is 2.85. The van der Waals surface area contributed by atoms with Gasteiger partial charge in [0.25, 0.3) is 0 Å². The highest BCUT2D eigenvalue weighted by Gasteiger charge is 2.30. The van der Waals surface area contributed by atoms with Crippen molar-refractivity contribution in [2.24, 2.45) is 5.92 Å². The van der Waals surface area contributed by atoms with Crippen LogP contribution in [0.5, 0.6) is 0 Å². The van der Waals surface area contributed by atoms with Crippen LogP contribution in [-0.2, 0) is 6.18 Å². The van der Waals surface area contributed by atoms with Crippen LogP contribution in [0.15, 0.2) is 18.3 Å². The highest BCUT2D eigenvalue weighted by Crippen LogP contribution is 2.28. The minimum absolute atomic E-state index is 0.498. The van der Waals surface area contributed by atoms with E-state index in [0.29, 0.717) is 11.7 Å². The van der Waals surface area contributed by atoms with Crippen molar-refractivity contribution in [1.29, 1.82) is 0 Å². The van der Waals surface area contributed by atoms with Crippen molar-refractivity contribution in [3.05, 3.63) is 23.9 Å². The number of pyridine rings is 1. The standard InChI is InChI=1S/C12H16F3N3/c1-18-5-4-9(8-18)6-16-11-3-2-10(7-17-11)12(13,14)15/h2-3,7,9H,4-6,8H2,1H3,(H,16,17). The van der Waals surface area contributed by atoms with Crippen molar-refractivity contribution >= 4 is 5.82 Å². The summed E-state index contributed by atoms with van der Waals surface area (Å²) in [4.78, 5) is 6.02. The molecule has 1 fully saturated rings. The molecule has 0 saturated carbocycles. The Labute approximate surface area is 104 Å². The molecule has 0 bridgehead atoms. The molecule has 1 aromatic heterocycles. The van der Waals surface area contributed by atoms with Crippen LogP contribution in [0, 0.1) is 5.92 Å². The van der Waals surface area contributed by atoms with Crippen LogP contribution in [0.1, 0.15) is 12.0 Å². The summed E-state index contributed by atoms with van der Waals surface area (Å²) in [6.07, 6.45) is -2.34. The Morgan fingerprint density at radius 1 is 1.44 bits per heavy atom. The second-order valence-corrected chi connectivity index (χ2v) is 4.73. The van der Waals surface area contributed by atoms with Crippen LogP contribution >= 0.6 is 0 Å². The van der Waals surface area contributed by atoms with E-state index in [9.17, 15) is 13.2 Å². The molecule has 2 rings (SSSR count). The third kappa shape index (κ3) is 3.35. The Balaban J connectivity index is 1.87. The number of likely N-dealkylation sites (tertiary alicyclic amines) is 1. The molecule has 2 heterocycles. The van der Waals surface area contributed by atoms with Gasteiger partial charge in [-0.2, -0.15) is 13.2 Å². The van der Waals surface area contributed by atoms with Crippen LogP contribution in [0.2, 0.25) is 0 Å². The van der Waals surface area contributed by atoms with Crippen LogP contribution < -0.4 is 5.32 Å². The summed E-state index contributed by atoms with van der Waals surface area (Å²) in [5, 5.41) is 3.08. The van der Waals surface area contributed by atoms with E-state index in [1.54, 1.807) is 0 Å². The second kappa shape index (κ2) is 5.14. The number of halogens is 3. The molecule has 0 spiro atoms. The van der Waals surface area contributed by atoms with Crippen molar-refractivity contribution in [3.63, 3.8) is 0 Å². The molecule has 0 aromatic carbocycles. The molecular formula is C12H16F3N3. The van der Waals surface area contributed by atoms with E-state index in [1.165, 1.54) is 6.07 Å². The highest BCUT2D eigenvalue weighted by atomic mass is 19.4. The van der Waals surface area contributed by atoms with E-state index in [0.717, 1.165) is 38.3 Å². The van der Waals surface area contributed by atoms with Crippen molar-refractivity contribution in [2.45, 2.75) is 12.6 Å². The summed E-state index contributed by atoms with van der Waals surface area (Å²) < 4.78 is 37.0. The van der Waals surface area contributed by atoms with E-state index >= 15 is 0 Å². The summed E-state index contributed by atoms with van der Waals surface area (Å²) in [5.74, 6) is 1.04. The molecule has 1 N–H and O–H groups in total. The normalized spacial score (nSPS) is 21.2. The van der Waals surface area contributed by atoms with Gasteiger partial charge in [0, 0.05) is 19.3 Å². The lowest BCUT2D eigenvalue weighted by molar-refractivity contribution is -0.137. The van der Waals surface area contributed by atoms with Crippen molar-refractivity contribution in [1.82, 2.24) is 9.88 Å². The maximum absolute atomic E-state index is 12.3. The molecule has 1 aliphatic rings. The average molecular weight is 259 g/mol. The fourth-order valence-corrected chi connectivity index (χ4v) is 2.11. The average Bonchev–Trinajstić information content (AvgIpc) is 2.72. The lowest BCUT2D eigenvalue weighted by Crippen LogP contribution is -2.19. The van der Waals surface area contributed by atoms with Gasteiger partial charge >= 0.3 is 6.18 Å². The van der Waals surface area contributed by atoms with Crippen LogP contribution in [0.3, 0.4) is 0 Å². The Morgan fingerprint density at radius 3 is 2.72 bits per heavy atom. The fraction of sp³-hybridized carbons (Fsp3) is 0.583. The Kier molecular flexibility index (Phi) is 3.75. The lowest BCUT2D eigenvalue weighted by Gasteiger charge is -2.12. The molecule has 18 heavy (non-hydrogen) atoms. The molecule has 3 nitrogen and oxygen atoms in total. The SMILES string of the molecule is CN1CCC(CNc2ccc(C(F)(F)F)cn2)C1. The van der Waals surface area contributed by atoms with Gasteiger partial charge in [0.2, 0.25) is 0 Å². The summed E-state index contributed by atoms with van der Waals surface area (Å²) in [5.41, 5.74) is -0.714. The summed E-state index contributed by atoms with van der Waals surface area (Å²) in [6, 6.07) is 2.43. The number of rotatable bonds is 3. The van der Waals surface area contributed by atoms with Gasteiger partial charge in [-0.25, -0.2) is 4.98 Å². The van der Waals surface area contributed by atoms with Crippen molar-refractivity contribution < 1.29 is 13.2 Å². The maximum atomic E-state index is 12.3. The van der Waals surface area contributed by atoms with E-state index in [-0.39, 0.29) is 0 Å². The first-order valence-electron chi connectivity index (χ1n) is 5.91. The Hall–Kier alpha value is -1.30. The van der Waals surface area contributed by atoms with Gasteiger partial charge in [-0.15, -0.1) is 0 Å². The van der Waals surface area contributed by atoms with E-state index < -0.39 is 11.7 Å². The van der Waals surface area contributed by atoms with Gasteiger partial charge in [0.15, 0.2) is 0 Å². The number of nitrogens with zero attached hydrogens (tertiary/aromatic N) is 2. The number of hydrogen-bond donors (Lipinski definition) is 1. The van der Waals surface area contributed by atoms with E-state index in [2.05, 4.69) is 22.2 Å². The van der Waals surface area contributed by atoms with Crippen LogP contribution in [-0.4, -0.2) is 36.6 Å². The van der Waals surface area contributed by atoms with E-state index in [4.69, 9.17) is 0 Å². The van der Waals surface area contributed by atoms with Gasteiger partial charge in [-0.05, 0) is 38.1 Å². The number of hydrogen-bond acceptors (Lipinski definition) is 3. The zero-order valence-corrected chi connectivity index (χ0v) is 10.2. The fourth-order valence-electron chi connectivity index (χ4n) is 2.11. The predicted molar refractivity (Wildman–Crippen MR) is 63.3 cm³/mol. The third-order valence-electron chi connectivity index (χ3n) is 3.15. The van der Waals surface area contributed by atoms with Gasteiger partial charge in [0.05, 0.1) is 5.56 Å². The Morgan fingerprint density at radius 2 is 2.22 bits per heavy atom. The first kappa shape index (κ1) is 13.1. The van der Waals surface area contributed by atoms with E-state index in [1.807, 2.05) is 0 Å². The topological polar surface area (TPSA) is 28.2 Å². The summed E-state index contributed by atoms with van der Waals surface area (Å²) >= 11 is 0. The summed E-state index contributed by atoms with van der Waals surface area (Å²) in [7, 11) is 2.07. The smallest absolute Gasteiger partial charge is 0.370 e. The number of alkyl halides is 3. The number of nitrogens with one attached hydrogen (secondary N) is 1. The van der Waals surface area contributed by atoms with Crippen LogP contribution in [0.4, 0.5) is 19.0 Å². The molecule has 1 unspecified atom stereocenters. The molecule has 1 aliphatic heterocycles. The zero-order chi connectivity index (χ0) is 13.2. The second-order valence-electron chi connectivity index (χ2n) is 4.73. The molecule has 1 aromatic rings. The molecule has 0 radical (unpaired) electrons. The van der Waals surface area contributed by atoms with Gasteiger partial charge in [-0.1, -0.05) is 0 Å². The molecule has 6 heteroatoms. The zero-order valence-electron chi connectivity index (χ0n) is 10.2. The number of anilines is 1. The highest BCUT2D eigenvalue weighted by molar-refractivity contribution is 5.36. The third-order valence-corrected chi connectivity index (χ3v) is 3.15. The monoisotopic (exact) mass is 259 g/mol. The predicted octanol–water partition coefficient (Wildman–Crippen LogP) is 2.46. The first-order chi connectivity index (χ1) is 8.45. The Bertz CT molecular complexity index is 389. The largest absolute Gasteiger partial charge is 0.417 e. The lowest BCUT2D eigenvalue weighted by atomic mass is 10.1. The molecule has 0 aliphatic carbocycles. The minimum Gasteiger partial charge on any atom is -0.370 e. The first-order valence-corrected chi connectivity index (χ1v) is 5.91. The molecule has 1 saturated heterocycles. The van der Waals surface area contributed by atoms with Crippen molar-refractivity contribution in [3.8, 4) is 0 Å². The molecular weight excluding hydrogens is 243 g/mol. The molecule has 1 atom stereocenters. The number of aromatic nitrogens is 1. The quantitative estimate of drug-likeness (QED) is 0.903. The van der Waals surface area contributed by atoms with Gasteiger partial charge < -0.3 is 10.2 Å². The van der Waals surface area contributed by atoms with Crippen molar-refractivity contribution in [2.75, 3.05) is 32.0 Å². The van der Waals surface area contributed by atoms with Gasteiger partial charge in [0.1, 0.15) is 5.82 Å². The maximum Gasteiger partial charge on any atom is 0.417 e. The van der Waals surface area contributed by atoms with Gasteiger partial charge in [-0.3, -0.25) is 0 Å². The molecule has 0 amide bonds. The minimum atomic E-state index is -4.32.